The summed E-state index contributed by atoms with van der Waals surface area (Å²) < 4.78 is 37.5. The molecule has 2 aliphatic carbocycles. The van der Waals surface area contributed by atoms with Crippen molar-refractivity contribution in [2.45, 2.75) is 75.8 Å². The topological polar surface area (TPSA) is 224 Å². The van der Waals surface area contributed by atoms with E-state index in [1.807, 2.05) is 18.2 Å². The van der Waals surface area contributed by atoms with E-state index in [0.717, 1.165) is 11.1 Å². The van der Waals surface area contributed by atoms with E-state index in [1.165, 1.54) is 31.4 Å². The maximum absolute atomic E-state index is 14.4. The van der Waals surface area contributed by atoms with E-state index >= 15 is 0 Å². The summed E-state index contributed by atoms with van der Waals surface area (Å²) in [5, 5.41) is 47.9. The number of methoxy groups -OCH3 is 1. The van der Waals surface area contributed by atoms with Crippen LogP contribution in [-0.4, -0.2) is 82.3 Å². The second kappa shape index (κ2) is 21.3. The second-order valence-electron chi connectivity index (χ2n) is 17.1. The monoisotopic (exact) mass is 934 g/mol. The molecule has 358 valence electrons. The van der Waals surface area contributed by atoms with Crippen LogP contribution in [0, 0.1) is 38.0 Å². The van der Waals surface area contributed by atoms with Gasteiger partial charge in [0.15, 0.2) is 11.5 Å². The summed E-state index contributed by atoms with van der Waals surface area (Å²) in [6.45, 7) is 4.10. The number of amides is 1. The van der Waals surface area contributed by atoms with Gasteiger partial charge in [-0.3, -0.25) is 25.1 Å². The Labute approximate surface area is 392 Å². The molecule has 2 aliphatic heterocycles. The zero-order valence-electron chi connectivity index (χ0n) is 37.6. The van der Waals surface area contributed by atoms with Gasteiger partial charge in [0, 0.05) is 55.9 Å². The van der Waals surface area contributed by atoms with E-state index in [2.05, 4.69) is 12.7 Å². The number of aliphatic hydroxyl groups excluding tert-OH is 2. The van der Waals surface area contributed by atoms with Gasteiger partial charge in [0.2, 0.25) is 12.6 Å². The van der Waals surface area contributed by atoms with Crippen LogP contribution in [0.2, 0.25) is 0 Å². The average molecular weight is 935 g/mol. The van der Waals surface area contributed by atoms with Crippen molar-refractivity contribution >= 4 is 23.2 Å². The number of fused-ring (bicyclic) bond motifs is 3. The van der Waals surface area contributed by atoms with E-state index in [1.54, 1.807) is 53.4 Å². The number of aliphatic hydroxyl groups is 2. The van der Waals surface area contributed by atoms with E-state index in [0.29, 0.717) is 78.4 Å². The third-order valence-corrected chi connectivity index (χ3v) is 13.0. The van der Waals surface area contributed by atoms with E-state index in [4.69, 9.17) is 38.4 Å². The maximum atomic E-state index is 14.4. The summed E-state index contributed by atoms with van der Waals surface area (Å²) >= 11 is 0. The van der Waals surface area contributed by atoms with E-state index in [-0.39, 0.29) is 75.1 Å². The van der Waals surface area contributed by atoms with Gasteiger partial charge in [-0.05, 0) is 103 Å². The van der Waals surface area contributed by atoms with Crippen LogP contribution in [0.15, 0.2) is 114 Å². The highest BCUT2D eigenvalue weighted by atomic mass is 16.7. The predicted octanol–water partition coefficient (Wildman–Crippen LogP) is 9.13. The standard InChI is InChI=1S/C50H54N4O14/c1-3-23-65-50-46(52(49(57)62-2)29-33-15-19-44-45(24-33)64-31-63-44)28-42(51-66-30-32-13-16-35(17-14-32)53(58)59)40-25-34(9-4-6-21-55)39(12-5-7-22-56)47(48(40)50)41-27-38(18-20-43(41)68-50)67-37-11-8-10-36(26-37)54(60)61/h3,8,10-11,13-20,24-27,34,39,46-48,55-56H,1,4-7,9,12,21-23,28-31H2,2H3. The Bertz CT molecular complexity index is 2550. The molecule has 0 bridgehead atoms. The largest absolute Gasteiger partial charge is 0.459 e. The number of nitro benzene ring substituents is 2. The number of benzene rings is 4. The number of carbonyl (C=O) groups is 1. The van der Waals surface area contributed by atoms with Crippen LogP contribution in [0.25, 0.3) is 0 Å². The van der Waals surface area contributed by atoms with Gasteiger partial charge in [-0.1, -0.05) is 42.3 Å². The first-order valence-corrected chi connectivity index (χ1v) is 22.7. The lowest BCUT2D eigenvalue weighted by atomic mass is 9.55. The quantitative estimate of drug-likeness (QED) is 0.0344. The molecular weight excluding hydrogens is 881 g/mol. The van der Waals surface area contributed by atoms with Crippen molar-refractivity contribution in [3.8, 4) is 28.7 Å². The molecule has 4 aliphatic rings. The molecule has 6 atom stereocenters. The molecule has 8 rings (SSSR count). The number of carbonyl (C=O) groups excluding carboxylic acids is 1. The van der Waals surface area contributed by atoms with Gasteiger partial charge >= 0.3 is 6.09 Å². The number of hydrogen-bond donors (Lipinski definition) is 2. The van der Waals surface area contributed by atoms with Gasteiger partial charge in [0.25, 0.3) is 11.4 Å². The zero-order valence-corrected chi connectivity index (χ0v) is 37.6. The number of oxime groups is 1. The molecule has 68 heavy (non-hydrogen) atoms. The number of nitrogens with zero attached hydrogens (tertiary/aromatic N) is 4. The number of hydrogen-bond acceptors (Lipinski definition) is 15. The van der Waals surface area contributed by atoms with Crippen molar-refractivity contribution in [1.82, 2.24) is 4.90 Å². The minimum absolute atomic E-state index is 0.00327. The summed E-state index contributed by atoms with van der Waals surface area (Å²) in [5.41, 5.74) is 3.22. The summed E-state index contributed by atoms with van der Waals surface area (Å²) in [6, 6.07) is 21.8. The van der Waals surface area contributed by atoms with Crippen molar-refractivity contribution in [1.29, 1.82) is 0 Å². The fourth-order valence-electron chi connectivity index (χ4n) is 10.1. The molecular formula is C50H54N4O14. The predicted molar refractivity (Wildman–Crippen MR) is 247 cm³/mol. The molecule has 0 aromatic heterocycles. The molecule has 0 saturated heterocycles. The van der Waals surface area contributed by atoms with Crippen molar-refractivity contribution in [2.75, 3.05) is 33.7 Å². The first kappa shape index (κ1) is 47.5. The third kappa shape index (κ3) is 9.98. The second-order valence-corrected chi connectivity index (χ2v) is 17.1. The van der Waals surface area contributed by atoms with Crippen LogP contribution in [0.4, 0.5) is 16.2 Å². The fraction of sp³-hybridized carbons (Fsp3) is 0.400. The Morgan fingerprint density at radius 2 is 1.60 bits per heavy atom. The zero-order chi connectivity index (χ0) is 47.8. The van der Waals surface area contributed by atoms with Crippen LogP contribution in [0.3, 0.4) is 0 Å². The number of allylic oxidation sites excluding steroid dienone is 1. The number of ether oxygens (including phenoxy) is 6. The Kier molecular flexibility index (Phi) is 14.9. The Morgan fingerprint density at radius 1 is 0.882 bits per heavy atom. The molecule has 1 fully saturated rings. The van der Waals surface area contributed by atoms with Gasteiger partial charge in [0.05, 0.1) is 41.3 Å². The maximum Gasteiger partial charge on any atom is 0.410 e. The molecule has 18 heteroatoms. The van der Waals surface area contributed by atoms with Crippen LogP contribution < -0.4 is 18.9 Å². The summed E-state index contributed by atoms with van der Waals surface area (Å²) in [7, 11) is 1.31. The molecule has 2 heterocycles. The first-order chi connectivity index (χ1) is 33.1. The van der Waals surface area contributed by atoms with E-state index < -0.39 is 39.6 Å². The molecule has 0 spiro atoms. The van der Waals surface area contributed by atoms with Gasteiger partial charge in [-0.2, -0.15) is 0 Å². The molecule has 4 aromatic rings. The highest BCUT2D eigenvalue weighted by Crippen LogP contribution is 2.62. The van der Waals surface area contributed by atoms with Crippen LogP contribution in [0.1, 0.15) is 67.6 Å². The Balaban J connectivity index is 1.32. The lowest BCUT2D eigenvalue weighted by molar-refractivity contribution is -0.385. The van der Waals surface area contributed by atoms with Gasteiger partial charge in [-0.15, -0.1) is 6.58 Å². The summed E-state index contributed by atoms with van der Waals surface area (Å²) in [5.74, 6) is -0.672. The molecule has 2 N–H and O–H groups in total. The molecule has 18 nitrogen and oxygen atoms in total. The highest BCUT2D eigenvalue weighted by molar-refractivity contribution is 6.03. The van der Waals surface area contributed by atoms with Gasteiger partial charge in [0.1, 0.15) is 29.9 Å². The summed E-state index contributed by atoms with van der Waals surface area (Å²) in [4.78, 5) is 44.3. The lowest BCUT2D eigenvalue weighted by Gasteiger charge is -2.59. The number of nitro groups is 2. The Morgan fingerprint density at radius 3 is 2.34 bits per heavy atom. The van der Waals surface area contributed by atoms with Crippen LogP contribution >= 0.6 is 0 Å². The van der Waals surface area contributed by atoms with Crippen molar-refractivity contribution < 1.29 is 58.1 Å². The molecule has 6 unspecified atom stereocenters. The number of unbranched alkanes of at least 4 members (excludes halogenated alkanes) is 2. The molecule has 1 amide bonds. The lowest BCUT2D eigenvalue weighted by Crippen LogP contribution is -2.70. The van der Waals surface area contributed by atoms with Crippen molar-refractivity contribution in [2.24, 2.45) is 22.9 Å². The van der Waals surface area contributed by atoms with Crippen molar-refractivity contribution in [3.05, 3.63) is 146 Å². The normalized spacial score (nSPS) is 22.5. The van der Waals surface area contributed by atoms with E-state index in [9.17, 15) is 35.2 Å². The highest BCUT2D eigenvalue weighted by Gasteiger charge is 2.65. The van der Waals surface area contributed by atoms with Gasteiger partial charge in [-0.25, -0.2) is 4.79 Å². The first-order valence-electron chi connectivity index (χ1n) is 22.7. The molecule has 1 saturated carbocycles. The summed E-state index contributed by atoms with van der Waals surface area (Å²) in [6.07, 6.45) is 7.14. The molecule has 0 radical (unpaired) electrons. The van der Waals surface area contributed by atoms with Gasteiger partial charge < -0.3 is 43.5 Å². The SMILES string of the molecule is C=CCOC12Oc3ccc(Oc4cccc([N+](=O)[O-])c4)cc3C3C(CCCCO)C(CCCCO)C=C(C(=NOCc4ccc([N+](=O)[O-])cc4)CC1N(Cc1ccc4c(c1)OCO4)C(=O)OC)C32. The third-order valence-electron chi connectivity index (χ3n) is 13.0. The average Bonchev–Trinajstić information content (AvgIpc) is 3.82. The number of rotatable bonds is 21. The number of non-ortho nitro benzene ring substituents is 2. The fourth-order valence-corrected chi connectivity index (χ4v) is 10.1. The molecule has 4 aromatic carbocycles. The van der Waals surface area contributed by atoms with Crippen LogP contribution in [-0.2, 0) is 27.5 Å². The Hall–Kier alpha value is -7.02. The van der Waals surface area contributed by atoms with Crippen LogP contribution in [0.5, 0.6) is 28.7 Å². The minimum atomic E-state index is -1.62. The van der Waals surface area contributed by atoms with Crippen molar-refractivity contribution in [3.63, 3.8) is 0 Å². The smallest absolute Gasteiger partial charge is 0.410 e. The minimum Gasteiger partial charge on any atom is -0.459 e.